The van der Waals surface area contributed by atoms with Crippen LogP contribution in [0.15, 0.2) is 0 Å². The van der Waals surface area contributed by atoms with E-state index in [2.05, 4.69) is 30.8 Å². The number of fused-ring (bicyclic) bond motifs is 1. The van der Waals surface area contributed by atoms with Crippen LogP contribution in [0.2, 0.25) is 5.15 Å². The maximum absolute atomic E-state index is 12.4. The van der Waals surface area contributed by atoms with Crippen molar-refractivity contribution in [3.63, 3.8) is 0 Å². The van der Waals surface area contributed by atoms with Crippen LogP contribution in [-0.4, -0.2) is 50.0 Å². The largest absolute Gasteiger partial charge is 0.351 e. The van der Waals surface area contributed by atoms with Gasteiger partial charge in [0.05, 0.1) is 12.2 Å². The first kappa shape index (κ1) is 20.3. The molecule has 1 atom stereocenters. The molecule has 1 aliphatic heterocycles. The highest BCUT2D eigenvalue weighted by molar-refractivity contribution is 6.30. The molecule has 1 aliphatic carbocycles. The summed E-state index contributed by atoms with van der Waals surface area (Å²) < 4.78 is 0. The Balaban J connectivity index is 1.41. The van der Waals surface area contributed by atoms with Crippen LogP contribution in [0.3, 0.4) is 0 Å². The lowest BCUT2D eigenvalue weighted by Gasteiger charge is -2.38. The summed E-state index contributed by atoms with van der Waals surface area (Å²) in [6.45, 7) is 6.54. The molecular formula is C19H24ClN9O. The molecule has 1 amide bonds. The van der Waals surface area contributed by atoms with Gasteiger partial charge in [0, 0.05) is 13.1 Å². The fraction of sp³-hybridized carbons (Fsp3) is 0.579. The zero-order chi connectivity index (χ0) is 21.6. The van der Waals surface area contributed by atoms with E-state index in [1.165, 1.54) is 4.80 Å². The molecule has 2 aromatic heterocycles. The van der Waals surface area contributed by atoms with Crippen LogP contribution >= 0.6 is 11.6 Å². The molecule has 1 fully saturated rings. The molecule has 2 N–H and O–H groups in total. The van der Waals surface area contributed by atoms with Gasteiger partial charge in [0.15, 0.2) is 11.0 Å². The van der Waals surface area contributed by atoms with Crippen molar-refractivity contribution in [2.24, 2.45) is 11.8 Å². The number of hydrogen-bond acceptors (Lipinski definition) is 8. The molecule has 0 saturated heterocycles. The minimum atomic E-state index is -0.264. The topological polar surface area (TPSA) is 125 Å². The summed E-state index contributed by atoms with van der Waals surface area (Å²) in [5, 5.41) is 23.6. The van der Waals surface area contributed by atoms with Crippen LogP contribution in [0, 0.1) is 30.1 Å². The molecule has 0 radical (unpaired) electrons. The van der Waals surface area contributed by atoms with Gasteiger partial charge in [-0.15, -0.1) is 10.2 Å². The van der Waals surface area contributed by atoms with E-state index in [9.17, 15) is 4.79 Å². The Hall–Kier alpha value is -2.93. The summed E-state index contributed by atoms with van der Waals surface area (Å²) in [4.78, 5) is 25.1. The number of nitriles is 1. The third kappa shape index (κ3) is 3.65. The van der Waals surface area contributed by atoms with Crippen LogP contribution in [0.5, 0.6) is 0 Å². The molecule has 1 saturated carbocycles. The molecule has 10 nitrogen and oxygen atoms in total. The number of anilines is 3. The lowest BCUT2D eigenvalue weighted by Crippen LogP contribution is -2.50. The monoisotopic (exact) mass is 429 g/mol. The molecule has 158 valence electrons. The van der Waals surface area contributed by atoms with Crippen molar-refractivity contribution in [1.82, 2.24) is 25.0 Å². The molecular weight excluding hydrogens is 406 g/mol. The minimum absolute atomic E-state index is 0.0267. The Kier molecular flexibility index (Phi) is 5.24. The van der Waals surface area contributed by atoms with E-state index >= 15 is 0 Å². The van der Waals surface area contributed by atoms with E-state index in [4.69, 9.17) is 16.9 Å². The molecule has 0 unspecified atom stereocenters. The number of aromatic nitrogens is 5. The summed E-state index contributed by atoms with van der Waals surface area (Å²) in [5.41, 5.74) is 1.56. The van der Waals surface area contributed by atoms with Crippen molar-refractivity contribution in [1.29, 1.82) is 5.26 Å². The second kappa shape index (κ2) is 7.72. The predicted molar refractivity (Wildman–Crippen MR) is 112 cm³/mol. The van der Waals surface area contributed by atoms with Gasteiger partial charge < -0.3 is 15.5 Å². The van der Waals surface area contributed by atoms with Crippen molar-refractivity contribution >= 4 is 35.0 Å². The highest BCUT2D eigenvalue weighted by atomic mass is 35.5. The minimum Gasteiger partial charge on any atom is -0.351 e. The van der Waals surface area contributed by atoms with E-state index < -0.39 is 0 Å². The highest BCUT2D eigenvalue weighted by Crippen LogP contribution is 2.36. The molecule has 2 aromatic rings. The van der Waals surface area contributed by atoms with Gasteiger partial charge in [0.2, 0.25) is 17.5 Å². The second-order valence-corrected chi connectivity index (χ2v) is 8.66. The van der Waals surface area contributed by atoms with Gasteiger partial charge in [-0.05, 0) is 31.6 Å². The van der Waals surface area contributed by atoms with Gasteiger partial charge in [-0.3, -0.25) is 4.79 Å². The number of nitrogens with zero attached hydrogens (tertiary/aromatic N) is 7. The first-order chi connectivity index (χ1) is 14.3. The third-order valence-corrected chi connectivity index (χ3v) is 5.94. The smallest absolute Gasteiger partial charge is 0.247 e. The van der Waals surface area contributed by atoms with Crippen LogP contribution < -0.4 is 15.5 Å². The molecule has 0 bridgehead atoms. The zero-order valence-electron chi connectivity index (χ0n) is 17.3. The van der Waals surface area contributed by atoms with Crippen LogP contribution in [0.25, 0.3) is 0 Å². The first-order valence-electron chi connectivity index (χ1n) is 9.96. The average Bonchev–Trinajstić information content (AvgIpc) is 3.00. The summed E-state index contributed by atoms with van der Waals surface area (Å²) in [6, 6.07) is 1.91. The van der Waals surface area contributed by atoms with Crippen LogP contribution in [0.4, 0.5) is 17.5 Å². The van der Waals surface area contributed by atoms with Crippen molar-refractivity contribution in [3.8, 4) is 6.07 Å². The Bertz CT molecular complexity index is 1020. The number of likely N-dealkylation sites (N-methyl/N-ethyl adjacent to an activating group) is 1. The molecule has 2 aliphatic rings. The van der Waals surface area contributed by atoms with Crippen LogP contribution in [0.1, 0.15) is 38.1 Å². The maximum Gasteiger partial charge on any atom is 0.247 e. The van der Waals surface area contributed by atoms with Crippen molar-refractivity contribution < 1.29 is 4.79 Å². The summed E-state index contributed by atoms with van der Waals surface area (Å²) in [5.74, 6) is 1.82. The maximum atomic E-state index is 12.4. The summed E-state index contributed by atoms with van der Waals surface area (Å²) >= 11 is 5.87. The Morgan fingerprint density at radius 3 is 2.70 bits per heavy atom. The Morgan fingerprint density at radius 1 is 1.33 bits per heavy atom. The molecule has 11 heteroatoms. The number of carbonyl (C=O) groups excluding carboxylic acids is 1. The van der Waals surface area contributed by atoms with Gasteiger partial charge >= 0.3 is 0 Å². The lowest BCUT2D eigenvalue weighted by atomic mass is 9.80. The predicted octanol–water partition coefficient (Wildman–Crippen LogP) is 2.21. The van der Waals surface area contributed by atoms with E-state index in [0.717, 1.165) is 24.4 Å². The fourth-order valence-electron chi connectivity index (χ4n) is 4.17. The van der Waals surface area contributed by atoms with E-state index in [1.807, 2.05) is 38.8 Å². The number of halogens is 1. The molecule has 4 rings (SSSR count). The number of carbonyl (C=O) groups is 1. The number of nitrogens with one attached hydrogen (secondary N) is 2. The van der Waals surface area contributed by atoms with Gasteiger partial charge in [-0.2, -0.15) is 15.0 Å². The van der Waals surface area contributed by atoms with Crippen molar-refractivity contribution in [3.05, 3.63) is 16.5 Å². The molecule has 30 heavy (non-hydrogen) atoms. The average molecular weight is 430 g/mol. The molecule has 0 spiro atoms. The van der Waals surface area contributed by atoms with E-state index in [-0.39, 0.29) is 34.8 Å². The fourth-order valence-corrected chi connectivity index (χ4v) is 4.34. The van der Waals surface area contributed by atoms with E-state index in [1.54, 1.807) is 0 Å². The lowest BCUT2D eigenvalue weighted by molar-refractivity contribution is -0.118. The van der Waals surface area contributed by atoms with Gasteiger partial charge in [-0.25, -0.2) is 4.98 Å². The third-order valence-electron chi connectivity index (χ3n) is 5.68. The molecule has 0 aromatic carbocycles. The first-order valence-corrected chi connectivity index (χ1v) is 10.3. The highest BCUT2D eigenvalue weighted by Gasteiger charge is 2.36. The Morgan fingerprint density at radius 2 is 2.07 bits per heavy atom. The Labute approximate surface area is 179 Å². The van der Waals surface area contributed by atoms with Crippen LogP contribution in [-0.2, 0) is 11.3 Å². The van der Waals surface area contributed by atoms with Crippen molar-refractivity contribution in [2.75, 3.05) is 22.6 Å². The van der Waals surface area contributed by atoms with E-state index in [0.29, 0.717) is 24.1 Å². The molecule has 3 heterocycles. The normalized spacial score (nSPS) is 22.9. The van der Waals surface area contributed by atoms with Gasteiger partial charge in [0.1, 0.15) is 17.8 Å². The van der Waals surface area contributed by atoms with Gasteiger partial charge in [-0.1, -0.05) is 25.4 Å². The number of hydrogen-bond donors (Lipinski definition) is 2. The van der Waals surface area contributed by atoms with Gasteiger partial charge in [0.25, 0.3) is 0 Å². The number of rotatable bonds is 5. The SMILES string of the molecule is Cc1nc(N[C@H]2C[C@@H](Cn3nc(Cl)c(C#N)n3)C2)nc2c1NC(=O)[C@H](C(C)C)N2C. The number of aryl methyl sites for hydroxylation is 1. The summed E-state index contributed by atoms with van der Waals surface area (Å²) in [7, 11) is 1.90. The quantitative estimate of drug-likeness (QED) is 0.741. The number of amides is 1. The van der Waals surface area contributed by atoms with Crippen molar-refractivity contribution in [2.45, 2.75) is 52.2 Å². The summed E-state index contributed by atoms with van der Waals surface area (Å²) in [6.07, 6.45) is 1.84. The second-order valence-electron chi connectivity index (χ2n) is 8.31. The zero-order valence-corrected chi connectivity index (χ0v) is 18.1. The standard InChI is InChI=1S/C19H24ClN9O/c1-9(2)15-18(30)24-14-10(3)22-19(25-17(14)28(15)4)23-12-5-11(6-12)8-29-26-13(7-21)16(20)27-29/h9,11-12,15H,5-6,8H2,1-4H3,(H,24,30)(H,22,23,25)/t11-,12+,15-/m0/s1.